The predicted octanol–water partition coefficient (Wildman–Crippen LogP) is 0.285. The average Bonchev–Trinajstić information content (AvgIpc) is 3.08. The summed E-state index contributed by atoms with van der Waals surface area (Å²) in [6.45, 7) is -0.217. The van der Waals surface area contributed by atoms with Crippen LogP contribution >= 0.6 is 0 Å². The summed E-state index contributed by atoms with van der Waals surface area (Å²) in [4.78, 5) is 41.5. The number of H-pyrrole nitrogens is 1. The molecule has 0 fully saturated rings. The number of terminal acetylenes is 1. The summed E-state index contributed by atoms with van der Waals surface area (Å²) in [6.07, 6.45) is 6.46. The van der Waals surface area contributed by atoms with Crippen molar-refractivity contribution in [2.45, 2.75) is 6.54 Å². The van der Waals surface area contributed by atoms with Crippen molar-refractivity contribution >= 4 is 16.9 Å². The third kappa shape index (κ3) is 2.78. The number of benzene rings is 1. The molecule has 2 aromatic heterocycles. The van der Waals surface area contributed by atoms with Gasteiger partial charge in [-0.05, 0) is 12.0 Å². The Balaban J connectivity index is 2.22. The molecule has 122 valence electrons. The van der Waals surface area contributed by atoms with Gasteiger partial charge >= 0.3 is 5.69 Å². The first kappa shape index (κ1) is 15.8. The molecular formula is C16H9N5O4. The molecule has 3 rings (SSSR count). The standard InChI is InChI=1S/C16H9N5O4/c1-2-7-20-15(22)13-14(18-10-17-13)19(16(20)23)8-6-11-4-3-5-12(9-11)21(24)25/h1,3-5,9-10H,7H2,(H,17,18). The topological polar surface area (TPSA) is 116 Å². The zero-order chi connectivity index (χ0) is 18.0. The Kier molecular flexibility index (Phi) is 3.90. The van der Waals surface area contributed by atoms with E-state index < -0.39 is 16.2 Å². The largest absolute Gasteiger partial charge is 0.345 e. The Labute approximate surface area is 139 Å². The molecule has 0 saturated heterocycles. The van der Waals surface area contributed by atoms with Crippen molar-refractivity contribution < 1.29 is 4.92 Å². The van der Waals surface area contributed by atoms with Crippen molar-refractivity contribution in [1.29, 1.82) is 0 Å². The molecule has 2 heterocycles. The normalized spacial score (nSPS) is 10.0. The molecule has 0 saturated carbocycles. The highest BCUT2D eigenvalue weighted by Gasteiger charge is 2.13. The Morgan fingerprint density at radius 1 is 1.36 bits per heavy atom. The number of fused-ring (bicyclic) bond motifs is 1. The zero-order valence-corrected chi connectivity index (χ0v) is 12.6. The van der Waals surface area contributed by atoms with Gasteiger partial charge in [-0.3, -0.25) is 14.9 Å². The highest BCUT2D eigenvalue weighted by molar-refractivity contribution is 5.70. The molecule has 25 heavy (non-hydrogen) atoms. The van der Waals surface area contributed by atoms with E-state index in [1.807, 2.05) is 0 Å². The highest BCUT2D eigenvalue weighted by Crippen LogP contribution is 2.12. The van der Waals surface area contributed by atoms with Crippen molar-refractivity contribution in [2.75, 3.05) is 0 Å². The number of rotatable bonds is 2. The minimum Gasteiger partial charge on any atom is -0.339 e. The summed E-state index contributed by atoms with van der Waals surface area (Å²) in [5, 5.41) is 10.8. The Hall–Kier alpha value is -4.11. The lowest BCUT2D eigenvalue weighted by molar-refractivity contribution is -0.384. The van der Waals surface area contributed by atoms with Crippen molar-refractivity contribution in [3.05, 3.63) is 67.1 Å². The fraction of sp³-hybridized carbons (Fsp3) is 0.0625. The minimum absolute atomic E-state index is 0.0567. The molecule has 0 bridgehead atoms. The monoisotopic (exact) mass is 335 g/mol. The lowest BCUT2D eigenvalue weighted by atomic mass is 10.2. The molecule has 0 aliphatic carbocycles. The number of nitro groups is 1. The number of nitro benzene ring substituents is 1. The van der Waals surface area contributed by atoms with Gasteiger partial charge in [-0.1, -0.05) is 12.0 Å². The van der Waals surface area contributed by atoms with Crippen molar-refractivity contribution in [1.82, 2.24) is 19.1 Å². The van der Waals surface area contributed by atoms with E-state index in [1.165, 1.54) is 24.5 Å². The summed E-state index contributed by atoms with van der Waals surface area (Å²) in [7, 11) is 0. The lowest BCUT2D eigenvalue weighted by Gasteiger charge is -2.03. The van der Waals surface area contributed by atoms with E-state index in [-0.39, 0.29) is 23.4 Å². The van der Waals surface area contributed by atoms with Crippen LogP contribution in [0.15, 0.2) is 40.2 Å². The van der Waals surface area contributed by atoms with Crippen LogP contribution in [0.3, 0.4) is 0 Å². The number of hydrogen-bond acceptors (Lipinski definition) is 5. The van der Waals surface area contributed by atoms with Crippen LogP contribution < -0.4 is 11.2 Å². The maximum absolute atomic E-state index is 12.5. The number of nitrogens with one attached hydrogen (secondary N) is 1. The SMILES string of the molecule is C#CCn1c(=O)c2[nH]cnc2n(C#Cc2cccc([N+](=O)[O-])c2)c1=O. The van der Waals surface area contributed by atoms with E-state index >= 15 is 0 Å². The predicted molar refractivity (Wildman–Crippen MR) is 88.8 cm³/mol. The molecule has 0 aliphatic rings. The summed E-state index contributed by atoms with van der Waals surface area (Å²) >= 11 is 0. The van der Waals surface area contributed by atoms with Gasteiger partial charge in [0.2, 0.25) is 0 Å². The summed E-state index contributed by atoms with van der Waals surface area (Å²) < 4.78 is 1.83. The lowest BCUT2D eigenvalue weighted by Crippen LogP contribution is -2.38. The van der Waals surface area contributed by atoms with Crippen LogP contribution in [0.1, 0.15) is 5.56 Å². The minimum atomic E-state index is -0.736. The van der Waals surface area contributed by atoms with Crippen molar-refractivity contribution in [2.24, 2.45) is 0 Å². The molecule has 3 aromatic rings. The van der Waals surface area contributed by atoms with Gasteiger partial charge in [0.15, 0.2) is 11.2 Å². The maximum Gasteiger partial charge on any atom is 0.345 e. The molecule has 1 N–H and O–H groups in total. The van der Waals surface area contributed by atoms with Crippen molar-refractivity contribution in [3.63, 3.8) is 0 Å². The molecule has 0 aliphatic heterocycles. The first-order valence-corrected chi connectivity index (χ1v) is 6.92. The van der Waals surface area contributed by atoms with Crippen LogP contribution in [0.25, 0.3) is 11.2 Å². The van der Waals surface area contributed by atoms with E-state index in [4.69, 9.17) is 6.42 Å². The van der Waals surface area contributed by atoms with E-state index in [9.17, 15) is 19.7 Å². The van der Waals surface area contributed by atoms with Gasteiger partial charge in [-0.25, -0.2) is 14.3 Å². The van der Waals surface area contributed by atoms with Crippen LogP contribution in [-0.4, -0.2) is 24.0 Å². The molecule has 0 radical (unpaired) electrons. The van der Waals surface area contributed by atoms with Crippen molar-refractivity contribution in [3.8, 4) is 24.3 Å². The van der Waals surface area contributed by atoms with Gasteiger partial charge in [0.1, 0.15) is 0 Å². The molecule has 9 nitrogen and oxygen atoms in total. The number of imidazole rings is 1. The summed E-state index contributed by atoms with van der Waals surface area (Å²) in [6, 6.07) is 8.22. The second-order valence-corrected chi connectivity index (χ2v) is 4.86. The first-order valence-electron chi connectivity index (χ1n) is 6.92. The second-order valence-electron chi connectivity index (χ2n) is 4.86. The Bertz CT molecular complexity index is 1210. The van der Waals surface area contributed by atoms with Crippen LogP contribution in [0, 0.1) is 34.4 Å². The molecule has 0 unspecified atom stereocenters. The molecule has 1 aromatic carbocycles. The van der Waals surface area contributed by atoms with E-state index in [2.05, 4.69) is 27.9 Å². The second kappa shape index (κ2) is 6.18. The number of nitrogens with zero attached hydrogens (tertiary/aromatic N) is 4. The number of aromatic amines is 1. The molecule has 9 heteroatoms. The summed E-state index contributed by atoms with van der Waals surface area (Å²) in [5.74, 6) is 4.89. The summed E-state index contributed by atoms with van der Waals surface area (Å²) in [5.41, 5.74) is -0.977. The zero-order valence-electron chi connectivity index (χ0n) is 12.6. The third-order valence-electron chi connectivity index (χ3n) is 3.33. The smallest absolute Gasteiger partial charge is 0.339 e. The van der Waals surface area contributed by atoms with E-state index in [1.54, 1.807) is 6.07 Å². The highest BCUT2D eigenvalue weighted by atomic mass is 16.6. The van der Waals surface area contributed by atoms with Gasteiger partial charge in [0.05, 0.1) is 17.8 Å². The van der Waals surface area contributed by atoms with Gasteiger partial charge in [-0.15, -0.1) is 6.42 Å². The number of aromatic nitrogens is 4. The van der Waals surface area contributed by atoms with Gasteiger partial charge in [0.25, 0.3) is 11.2 Å². The molecule has 0 spiro atoms. The van der Waals surface area contributed by atoms with Crippen LogP contribution in [0.4, 0.5) is 5.69 Å². The Morgan fingerprint density at radius 3 is 2.88 bits per heavy atom. The van der Waals surface area contributed by atoms with Gasteiger partial charge < -0.3 is 4.98 Å². The molecule has 0 amide bonds. The van der Waals surface area contributed by atoms with E-state index in [0.29, 0.717) is 5.56 Å². The number of non-ortho nitro benzene ring substituents is 1. The Morgan fingerprint density at radius 2 is 2.16 bits per heavy atom. The van der Waals surface area contributed by atoms with E-state index in [0.717, 1.165) is 9.13 Å². The van der Waals surface area contributed by atoms with Gasteiger partial charge in [-0.2, -0.15) is 4.57 Å². The van der Waals surface area contributed by atoms with Crippen LogP contribution in [-0.2, 0) is 6.54 Å². The quantitative estimate of drug-likeness (QED) is 0.410. The average molecular weight is 335 g/mol. The fourth-order valence-electron chi connectivity index (χ4n) is 2.20. The molecular weight excluding hydrogens is 326 g/mol. The third-order valence-corrected chi connectivity index (χ3v) is 3.33. The van der Waals surface area contributed by atoms with Crippen LogP contribution in [0.2, 0.25) is 0 Å². The van der Waals surface area contributed by atoms with Crippen LogP contribution in [0.5, 0.6) is 0 Å². The number of hydrogen-bond donors (Lipinski definition) is 1. The first-order chi connectivity index (χ1) is 12.0. The molecule has 0 atom stereocenters. The fourth-order valence-corrected chi connectivity index (χ4v) is 2.20. The van der Waals surface area contributed by atoms with Gasteiger partial charge in [0, 0.05) is 23.7 Å². The maximum atomic E-state index is 12.5.